The van der Waals surface area contributed by atoms with Crippen molar-refractivity contribution in [1.82, 2.24) is 4.90 Å². The van der Waals surface area contributed by atoms with Crippen LogP contribution in [0.25, 0.3) is 0 Å². The van der Waals surface area contributed by atoms with E-state index < -0.39 is 5.97 Å². The topological polar surface area (TPSA) is 57.6 Å². The maximum atomic E-state index is 11.3. The van der Waals surface area contributed by atoms with Crippen molar-refractivity contribution in [2.24, 2.45) is 0 Å². The fraction of sp³-hybridized carbons (Fsp3) is 0.429. The number of nitrogens with zero attached hydrogens (tertiary/aromatic N) is 1. The van der Waals surface area contributed by atoms with Gasteiger partial charge in [0.15, 0.2) is 0 Å². The summed E-state index contributed by atoms with van der Waals surface area (Å²) in [5.74, 6) is -0.996. The van der Waals surface area contributed by atoms with Gasteiger partial charge in [-0.15, -0.1) is 0 Å². The molecule has 0 atom stereocenters. The van der Waals surface area contributed by atoms with Crippen molar-refractivity contribution in [3.05, 3.63) is 35.9 Å². The van der Waals surface area contributed by atoms with Crippen LogP contribution in [0.15, 0.2) is 30.3 Å². The quantitative estimate of drug-likeness (QED) is 0.874. The van der Waals surface area contributed by atoms with Crippen molar-refractivity contribution < 1.29 is 14.7 Å². The van der Waals surface area contributed by atoms with E-state index in [2.05, 4.69) is 0 Å². The number of carbonyl (C=O) groups is 2. The Labute approximate surface area is 108 Å². The van der Waals surface area contributed by atoms with E-state index in [1.165, 1.54) is 11.8 Å². The van der Waals surface area contributed by atoms with Crippen molar-refractivity contribution in [2.75, 3.05) is 6.54 Å². The molecule has 1 amide bonds. The molecule has 0 heterocycles. The molecule has 0 radical (unpaired) electrons. The van der Waals surface area contributed by atoms with Gasteiger partial charge >= 0.3 is 5.97 Å². The summed E-state index contributed by atoms with van der Waals surface area (Å²) >= 11 is 0. The SMILES string of the molecule is CC.CC(=O)N(CCC(=O)O)Cc1ccccc1. The molecule has 1 N–H and O–H groups in total. The zero-order valence-corrected chi connectivity index (χ0v) is 11.2. The van der Waals surface area contributed by atoms with Crippen LogP contribution in [0.5, 0.6) is 0 Å². The van der Waals surface area contributed by atoms with Gasteiger partial charge in [-0.3, -0.25) is 9.59 Å². The number of amides is 1. The maximum Gasteiger partial charge on any atom is 0.305 e. The summed E-state index contributed by atoms with van der Waals surface area (Å²) < 4.78 is 0. The first-order chi connectivity index (χ1) is 8.59. The molecule has 0 aliphatic heterocycles. The minimum absolute atomic E-state index is 0.0214. The standard InChI is InChI=1S/C12H15NO3.C2H6/c1-10(14)13(8-7-12(15)16)9-11-5-3-2-4-6-11;1-2/h2-6H,7-9H2,1H3,(H,15,16);1-2H3. The van der Waals surface area contributed by atoms with E-state index in [4.69, 9.17) is 5.11 Å². The minimum atomic E-state index is -0.890. The summed E-state index contributed by atoms with van der Waals surface area (Å²) in [6, 6.07) is 9.52. The predicted octanol–water partition coefficient (Wildman–Crippen LogP) is 2.54. The summed E-state index contributed by atoms with van der Waals surface area (Å²) in [4.78, 5) is 23.3. The lowest BCUT2D eigenvalue weighted by atomic mass is 10.2. The molecule has 0 spiro atoms. The van der Waals surface area contributed by atoms with Gasteiger partial charge in [-0.2, -0.15) is 0 Å². The first-order valence-corrected chi connectivity index (χ1v) is 6.11. The molecule has 18 heavy (non-hydrogen) atoms. The van der Waals surface area contributed by atoms with Crippen LogP contribution >= 0.6 is 0 Å². The molecule has 1 aromatic carbocycles. The second-order valence-electron chi connectivity index (χ2n) is 3.57. The largest absolute Gasteiger partial charge is 0.481 e. The van der Waals surface area contributed by atoms with Gasteiger partial charge in [0, 0.05) is 20.0 Å². The first-order valence-electron chi connectivity index (χ1n) is 6.11. The van der Waals surface area contributed by atoms with Gasteiger partial charge in [-0.25, -0.2) is 0 Å². The number of rotatable bonds is 5. The molecule has 0 saturated carbocycles. The van der Waals surface area contributed by atoms with E-state index in [1.807, 2.05) is 44.2 Å². The lowest BCUT2D eigenvalue weighted by Crippen LogP contribution is -2.30. The molecule has 1 aromatic rings. The zero-order valence-electron chi connectivity index (χ0n) is 11.2. The van der Waals surface area contributed by atoms with Crippen molar-refractivity contribution in [1.29, 1.82) is 0 Å². The van der Waals surface area contributed by atoms with Crippen molar-refractivity contribution in [2.45, 2.75) is 33.7 Å². The molecule has 100 valence electrons. The van der Waals surface area contributed by atoms with Crippen LogP contribution in [-0.2, 0) is 16.1 Å². The average Bonchev–Trinajstić information content (AvgIpc) is 2.37. The van der Waals surface area contributed by atoms with Gasteiger partial charge < -0.3 is 10.0 Å². The summed E-state index contributed by atoms with van der Waals surface area (Å²) in [6.45, 7) is 6.16. The maximum absolute atomic E-state index is 11.3. The smallest absolute Gasteiger partial charge is 0.305 e. The molecule has 0 unspecified atom stereocenters. The number of benzene rings is 1. The zero-order chi connectivity index (χ0) is 14.0. The number of aliphatic carboxylic acids is 1. The Morgan fingerprint density at radius 1 is 1.17 bits per heavy atom. The lowest BCUT2D eigenvalue weighted by Gasteiger charge is -2.20. The van der Waals surface area contributed by atoms with Crippen LogP contribution in [0.2, 0.25) is 0 Å². The molecular weight excluding hydrogens is 230 g/mol. The van der Waals surface area contributed by atoms with Crippen LogP contribution in [0.4, 0.5) is 0 Å². The number of carboxylic acid groups (broad SMARTS) is 1. The van der Waals surface area contributed by atoms with Crippen molar-refractivity contribution in [3.8, 4) is 0 Å². The second-order valence-corrected chi connectivity index (χ2v) is 3.57. The third kappa shape index (κ3) is 6.68. The molecule has 4 nitrogen and oxygen atoms in total. The van der Waals surface area contributed by atoms with E-state index in [0.29, 0.717) is 6.54 Å². The normalized spacial score (nSPS) is 9.06. The van der Waals surface area contributed by atoms with Gasteiger partial charge in [0.25, 0.3) is 0 Å². The Morgan fingerprint density at radius 2 is 1.72 bits per heavy atom. The predicted molar refractivity (Wildman–Crippen MR) is 71.1 cm³/mol. The van der Waals surface area contributed by atoms with Crippen molar-refractivity contribution >= 4 is 11.9 Å². The van der Waals surface area contributed by atoms with Gasteiger partial charge in [0.2, 0.25) is 5.91 Å². The number of carbonyl (C=O) groups excluding carboxylic acids is 1. The van der Waals surface area contributed by atoms with Crippen LogP contribution < -0.4 is 0 Å². The number of hydrogen-bond donors (Lipinski definition) is 1. The van der Waals surface area contributed by atoms with E-state index in [9.17, 15) is 9.59 Å². The average molecular weight is 251 g/mol. The van der Waals surface area contributed by atoms with Crippen LogP contribution in [0.3, 0.4) is 0 Å². The van der Waals surface area contributed by atoms with Gasteiger partial charge in [-0.1, -0.05) is 44.2 Å². The molecule has 0 saturated heterocycles. The molecule has 0 aromatic heterocycles. The van der Waals surface area contributed by atoms with Crippen molar-refractivity contribution in [3.63, 3.8) is 0 Å². The van der Waals surface area contributed by atoms with Gasteiger partial charge in [0.1, 0.15) is 0 Å². The summed E-state index contributed by atoms with van der Waals surface area (Å²) in [5, 5.41) is 8.57. The summed E-state index contributed by atoms with van der Waals surface area (Å²) in [5.41, 5.74) is 1.00. The van der Waals surface area contributed by atoms with Crippen LogP contribution in [-0.4, -0.2) is 28.4 Å². The Balaban J connectivity index is 0.00000137. The molecule has 4 heteroatoms. The highest BCUT2D eigenvalue weighted by Gasteiger charge is 2.10. The monoisotopic (exact) mass is 251 g/mol. The molecule has 0 fully saturated rings. The Kier molecular flexibility index (Phi) is 8.27. The highest BCUT2D eigenvalue weighted by atomic mass is 16.4. The fourth-order valence-corrected chi connectivity index (χ4v) is 1.38. The molecule has 0 aliphatic rings. The number of hydrogen-bond acceptors (Lipinski definition) is 2. The molecular formula is C14H21NO3. The van der Waals surface area contributed by atoms with Gasteiger partial charge in [-0.05, 0) is 5.56 Å². The van der Waals surface area contributed by atoms with E-state index in [0.717, 1.165) is 5.56 Å². The Morgan fingerprint density at radius 3 is 2.17 bits per heavy atom. The first kappa shape index (κ1) is 16.2. The Hall–Kier alpha value is -1.84. The summed E-state index contributed by atoms with van der Waals surface area (Å²) in [6.07, 6.45) is -0.0214. The van der Waals surface area contributed by atoms with Gasteiger partial charge in [0.05, 0.1) is 6.42 Å². The number of carboxylic acids is 1. The molecule has 1 rings (SSSR count). The third-order valence-corrected chi connectivity index (χ3v) is 2.26. The highest BCUT2D eigenvalue weighted by Crippen LogP contribution is 2.05. The highest BCUT2D eigenvalue weighted by molar-refractivity contribution is 5.74. The lowest BCUT2D eigenvalue weighted by molar-refractivity contribution is -0.138. The fourth-order valence-electron chi connectivity index (χ4n) is 1.38. The van der Waals surface area contributed by atoms with E-state index >= 15 is 0 Å². The van der Waals surface area contributed by atoms with Crippen LogP contribution in [0.1, 0.15) is 32.8 Å². The molecule has 0 aliphatic carbocycles. The van der Waals surface area contributed by atoms with Crippen LogP contribution in [0, 0.1) is 0 Å². The minimum Gasteiger partial charge on any atom is -0.481 e. The second kappa shape index (κ2) is 9.22. The van der Waals surface area contributed by atoms with E-state index in [1.54, 1.807) is 0 Å². The van der Waals surface area contributed by atoms with E-state index in [-0.39, 0.29) is 18.9 Å². The third-order valence-electron chi connectivity index (χ3n) is 2.26. The Bertz CT molecular complexity index is 363. The summed E-state index contributed by atoms with van der Waals surface area (Å²) in [7, 11) is 0. The molecule has 0 bridgehead atoms.